The molecular formula is C10H14N2Y-2. The number of likely N-dealkylation sites (N-methyl/N-ethyl adjacent to an activating group) is 1. The molecule has 0 bridgehead atoms. The maximum atomic E-state index is 4.34. The minimum absolute atomic E-state index is 0. The predicted molar refractivity (Wildman–Crippen MR) is 50.6 cm³/mol. The molecule has 0 aromatic heterocycles. The molecule has 0 unspecified atom stereocenters. The number of aliphatic imine (C=N–C) groups is 1. The Morgan fingerprint density at radius 3 is 2.38 bits per heavy atom. The summed E-state index contributed by atoms with van der Waals surface area (Å²) in [5, 5.41) is 0. The van der Waals surface area contributed by atoms with Crippen molar-refractivity contribution < 1.29 is 32.7 Å². The van der Waals surface area contributed by atoms with Gasteiger partial charge in [-0.2, -0.15) is 0 Å². The normalized spacial score (nSPS) is 23.1. The first-order valence-electron chi connectivity index (χ1n) is 4.04. The zero-order valence-electron chi connectivity index (χ0n) is 8.68. The predicted octanol–water partition coefficient (Wildman–Crippen LogP) is 1.80. The Hall–Kier alpha value is 0.0539. The van der Waals surface area contributed by atoms with Gasteiger partial charge in [-0.25, -0.2) is 0 Å². The van der Waals surface area contributed by atoms with Gasteiger partial charge in [-0.05, 0) is 20.5 Å². The van der Waals surface area contributed by atoms with Gasteiger partial charge in [-0.1, -0.05) is 0 Å². The van der Waals surface area contributed by atoms with E-state index in [1.165, 1.54) is 0 Å². The van der Waals surface area contributed by atoms with E-state index in [-0.39, 0.29) is 32.7 Å². The number of rotatable bonds is 0. The summed E-state index contributed by atoms with van der Waals surface area (Å²) >= 11 is 0. The maximum Gasteiger partial charge on any atom is 0.0796 e. The van der Waals surface area contributed by atoms with Gasteiger partial charge >= 0.3 is 0 Å². The van der Waals surface area contributed by atoms with Gasteiger partial charge in [0, 0.05) is 32.7 Å². The molecule has 0 amide bonds. The van der Waals surface area contributed by atoms with Gasteiger partial charge in [-0.15, -0.1) is 13.8 Å². The molecular weight excluding hydrogens is 237 g/mol. The summed E-state index contributed by atoms with van der Waals surface area (Å²) in [6.07, 6.45) is 6.27. The fourth-order valence-corrected chi connectivity index (χ4v) is 1.25. The van der Waals surface area contributed by atoms with Gasteiger partial charge < -0.3 is 22.6 Å². The van der Waals surface area contributed by atoms with Crippen molar-refractivity contribution in [3.8, 4) is 0 Å². The van der Waals surface area contributed by atoms with Crippen LogP contribution in [0.4, 0.5) is 0 Å². The van der Waals surface area contributed by atoms with E-state index < -0.39 is 0 Å². The molecule has 1 rings (SSSR count). The maximum absolute atomic E-state index is 4.34. The summed E-state index contributed by atoms with van der Waals surface area (Å²) in [5.41, 5.74) is 2.23. The number of hydrogen-bond acceptors (Lipinski definition) is 2. The van der Waals surface area contributed by atoms with Gasteiger partial charge in [0.15, 0.2) is 0 Å². The van der Waals surface area contributed by atoms with Crippen LogP contribution in [-0.2, 0) is 32.7 Å². The smallest absolute Gasteiger partial charge is 0.0796 e. The Bertz CT molecular complexity index is 264. The van der Waals surface area contributed by atoms with Crippen LogP contribution in [0, 0.1) is 12.2 Å². The molecule has 0 N–H and O–H groups in total. The molecule has 69 valence electrons. The first kappa shape index (κ1) is 13.1. The molecule has 0 saturated carbocycles. The zero-order valence-corrected chi connectivity index (χ0v) is 11.5. The van der Waals surface area contributed by atoms with Crippen LogP contribution in [0.25, 0.3) is 0 Å². The third-order valence-corrected chi connectivity index (χ3v) is 2.11. The van der Waals surface area contributed by atoms with Crippen LogP contribution in [-0.4, -0.2) is 24.3 Å². The summed E-state index contributed by atoms with van der Waals surface area (Å²) in [5.74, 6) is 1.04. The summed E-state index contributed by atoms with van der Waals surface area (Å²) in [6, 6.07) is 0. The second kappa shape index (κ2) is 5.71. The Morgan fingerprint density at radius 2 is 1.92 bits per heavy atom. The van der Waals surface area contributed by atoms with Crippen molar-refractivity contribution in [3.63, 3.8) is 0 Å². The molecule has 0 aromatic carbocycles. The Morgan fingerprint density at radius 1 is 1.31 bits per heavy atom. The number of amidine groups is 1. The van der Waals surface area contributed by atoms with Crippen molar-refractivity contribution in [3.05, 3.63) is 23.4 Å². The molecule has 1 heterocycles. The van der Waals surface area contributed by atoms with Crippen LogP contribution < -0.4 is 0 Å². The zero-order chi connectivity index (χ0) is 9.14. The molecule has 0 aliphatic carbocycles. The van der Waals surface area contributed by atoms with Crippen LogP contribution >= 0.6 is 0 Å². The molecule has 0 aromatic rings. The van der Waals surface area contributed by atoms with E-state index >= 15 is 0 Å². The van der Waals surface area contributed by atoms with Gasteiger partial charge in [0.1, 0.15) is 0 Å². The number of nitrogens with zero attached hydrogens (tertiary/aromatic N) is 2. The number of hydrogen-bond donors (Lipinski definition) is 0. The third kappa shape index (κ3) is 2.75. The average molecular weight is 251 g/mol. The van der Waals surface area contributed by atoms with E-state index in [2.05, 4.69) is 17.1 Å². The van der Waals surface area contributed by atoms with Crippen molar-refractivity contribution in [1.82, 2.24) is 4.90 Å². The van der Waals surface area contributed by atoms with E-state index in [0.29, 0.717) is 0 Å². The first-order chi connectivity index (χ1) is 5.70. The van der Waals surface area contributed by atoms with Gasteiger partial charge in [-0.3, -0.25) is 10.7 Å². The SMILES string of the molecule is C[C-]=C1CN=C(C)N(C)C1=[C-]C.[Y]. The standard InChI is InChI=1S/C10H14N2.Y/c1-5-9-7-11-8(3)12(4)10(9)6-2;/h7H2,1-4H3;/q-2;. The fourth-order valence-electron chi connectivity index (χ4n) is 1.25. The van der Waals surface area contributed by atoms with Gasteiger partial charge in [0.2, 0.25) is 0 Å². The Kier molecular flexibility index (Phi) is 5.74. The quantitative estimate of drug-likeness (QED) is 0.599. The van der Waals surface area contributed by atoms with Crippen LogP contribution in [0.5, 0.6) is 0 Å². The molecule has 1 aliphatic heterocycles. The minimum atomic E-state index is 0. The van der Waals surface area contributed by atoms with Crippen molar-refractivity contribution in [2.24, 2.45) is 4.99 Å². The molecule has 0 atom stereocenters. The van der Waals surface area contributed by atoms with Crippen molar-refractivity contribution in [2.45, 2.75) is 20.8 Å². The summed E-state index contributed by atoms with van der Waals surface area (Å²) in [6.45, 7) is 6.57. The fraction of sp³-hybridized carbons (Fsp3) is 0.500. The summed E-state index contributed by atoms with van der Waals surface area (Å²) < 4.78 is 0. The third-order valence-electron chi connectivity index (χ3n) is 2.11. The Balaban J connectivity index is 0.00000144. The van der Waals surface area contributed by atoms with Crippen LogP contribution in [0.3, 0.4) is 0 Å². The van der Waals surface area contributed by atoms with E-state index in [4.69, 9.17) is 0 Å². The van der Waals surface area contributed by atoms with E-state index in [1.54, 1.807) is 0 Å². The number of allylic oxidation sites excluding steroid dienone is 2. The molecule has 0 fully saturated rings. The average Bonchev–Trinajstić information content (AvgIpc) is 2.09. The largest absolute Gasteiger partial charge is 0.447 e. The molecule has 1 aliphatic rings. The molecule has 13 heavy (non-hydrogen) atoms. The Labute approximate surface area is 106 Å². The van der Waals surface area contributed by atoms with Crippen LogP contribution in [0.15, 0.2) is 16.3 Å². The topological polar surface area (TPSA) is 15.6 Å². The second-order valence-electron chi connectivity index (χ2n) is 2.75. The molecule has 0 spiro atoms. The van der Waals surface area contributed by atoms with Gasteiger partial charge in [0.25, 0.3) is 0 Å². The second-order valence-corrected chi connectivity index (χ2v) is 2.75. The first-order valence-corrected chi connectivity index (χ1v) is 4.04. The van der Waals surface area contributed by atoms with Crippen LogP contribution in [0.1, 0.15) is 20.8 Å². The molecule has 3 heteroatoms. The van der Waals surface area contributed by atoms with Crippen molar-refractivity contribution >= 4 is 5.84 Å². The molecule has 0 saturated heterocycles. The summed E-state index contributed by atoms with van der Waals surface area (Å²) in [4.78, 5) is 6.38. The molecule has 1 radical (unpaired) electrons. The van der Waals surface area contributed by atoms with E-state index in [9.17, 15) is 0 Å². The minimum Gasteiger partial charge on any atom is -0.447 e. The van der Waals surface area contributed by atoms with E-state index in [0.717, 1.165) is 23.7 Å². The van der Waals surface area contributed by atoms with E-state index in [1.807, 2.05) is 32.7 Å². The van der Waals surface area contributed by atoms with Crippen molar-refractivity contribution in [1.29, 1.82) is 0 Å². The monoisotopic (exact) mass is 251 g/mol. The summed E-state index contributed by atoms with van der Waals surface area (Å²) in [7, 11) is 2.00. The molecule has 2 nitrogen and oxygen atoms in total. The van der Waals surface area contributed by atoms with Gasteiger partial charge in [0.05, 0.1) is 5.84 Å². The van der Waals surface area contributed by atoms with Crippen molar-refractivity contribution in [2.75, 3.05) is 13.6 Å². The van der Waals surface area contributed by atoms with Crippen LogP contribution in [0.2, 0.25) is 0 Å².